The summed E-state index contributed by atoms with van der Waals surface area (Å²) in [6, 6.07) is 3.17. The van der Waals surface area contributed by atoms with Crippen molar-refractivity contribution in [3.8, 4) is 5.75 Å². The highest BCUT2D eigenvalue weighted by atomic mass is 16.5. The fraction of sp³-hybridized carbons (Fsp3) is 0.545. The highest BCUT2D eigenvalue weighted by Gasteiger charge is 2.37. The standard InChI is InChI=1S/C44H62N4O9/c1-7-15-33(50)19-12-17-29(4)38-22-11-9-8-10-16-30(5)40(52)35(24-23-31(6)49)41(53)46-39(28(2)3)42(54)45-37(27-32-18-13-20-34(51)26-32)43(55)48-25-14-21-36(47-48)44(56)57-38/h8-13,17-20,26,28,30,35-40,47,51-52H,7,14-16,21-25,27H2,1-6H3,(H,45,54)(H,46,53)/b10-8+,11-9+,19-12+,29-17+/t30-,35+,36?,37-,38-,39-,40+/m0/s1. The van der Waals surface area contributed by atoms with Crippen LogP contribution in [0.1, 0.15) is 98.5 Å². The van der Waals surface area contributed by atoms with E-state index in [4.69, 9.17) is 4.74 Å². The highest BCUT2D eigenvalue weighted by Crippen LogP contribution is 2.24. The zero-order valence-corrected chi connectivity index (χ0v) is 34.2. The van der Waals surface area contributed by atoms with Crippen LogP contribution in [0.3, 0.4) is 0 Å². The van der Waals surface area contributed by atoms with Crippen molar-refractivity contribution in [3.63, 3.8) is 0 Å². The molecule has 1 unspecified atom stereocenters. The summed E-state index contributed by atoms with van der Waals surface area (Å²) in [5.41, 5.74) is 4.29. The number of esters is 1. The number of aromatic hydroxyl groups is 1. The van der Waals surface area contributed by atoms with Crippen LogP contribution in [0.2, 0.25) is 0 Å². The summed E-state index contributed by atoms with van der Waals surface area (Å²) in [6.07, 6.45) is 13.2. The van der Waals surface area contributed by atoms with Gasteiger partial charge in [-0.05, 0) is 87.1 Å². The van der Waals surface area contributed by atoms with E-state index in [1.54, 1.807) is 57.2 Å². The van der Waals surface area contributed by atoms with Gasteiger partial charge in [-0.2, -0.15) is 0 Å². The molecule has 7 atom stereocenters. The van der Waals surface area contributed by atoms with Gasteiger partial charge in [-0.25, -0.2) is 5.43 Å². The summed E-state index contributed by atoms with van der Waals surface area (Å²) in [6.45, 7) is 10.7. The Hall–Kier alpha value is -4.88. The number of hydrazine groups is 1. The number of carbonyl (C=O) groups excluding carboxylic acids is 6. The lowest BCUT2D eigenvalue weighted by Crippen LogP contribution is -2.62. The number of ketones is 2. The Morgan fingerprint density at radius 3 is 2.40 bits per heavy atom. The molecular weight excluding hydrogens is 729 g/mol. The van der Waals surface area contributed by atoms with Crippen molar-refractivity contribution in [3.05, 3.63) is 77.9 Å². The van der Waals surface area contributed by atoms with Gasteiger partial charge in [-0.15, -0.1) is 0 Å². The quantitative estimate of drug-likeness (QED) is 0.119. The lowest BCUT2D eigenvalue weighted by molar-refractivity contribution is -0.156. The Kier molecular flexibility index (Phi) is 19.1. The minimum atomic E-state index is -1.17. The summed E-state index contributed by atoms with van der Waals surface area (Å²) < 4.78 is 6.04. The lowest BCUT2D eigenvalue weighted by atomic mass is 9.85. The zero-order valence-electron chi connectivity index (χ0n) is 34.2. The van der Waals surface area contributed by atoms with Gasteiger partial charge < -0.3 is 30.4 Å². The number of phenolic OH excluding ortho intramolecular Hbond substituents is 1. The third kappa shape index (κ3) is 15.2. The molecule has 2 heterocycles. The molecule has 0 saturated carbocycles. The maximum Gasteiger partial charge on any atom is 0.325 e. The smallest absolute Gasteiger partial charge is 0.325 e. The van der Waals surface area contributed by atoms with E-state index in [1.807, 2.05) is 26.0 Å². The number of allylic oxidation sites excluding steroid dienone is 6. The molecule has 3 amide bonds. The van der Waals surface area contributed by atoms with Crippen LogP contribution in [-0.2, 0) is 39.9 Å². The van der Waals surface area contributed by atoms with E-state index in [2.05, 4.69) is 16.1 Å². The molecule has 13 nitrogen and oxygen atoms in total. The van der Waals surface area contributed by atoms with Gasteiger partial charge in [0.15, 0.2) is 5.78 Å². The SMILES string of the molecule is CCCC(=O)/C=C/C=C(\C)[C@@H]1C/C=C/C=C/C[C@H](C)[C@@H](O)[C@@H](CCC(C)=O)C(=O)N[C@@H](C(C)C)C(=O)N[C@@H](Cc2cccc(O)c2)C(=O)N2CCCC(N2)C(=O)O1. The molecule has 1 aromatic rings. The number of aliphatic hydroxyl groups excluding tert-OH is 1. The number of cyclic esters (lactones) is 1. The van der Waals surface area contributed by atoms with Crippen molar-refractivity contribution in [2.75, 3.05) is 6.54 Å². The molecule has 1 fully saturated rings. The van der Waals surface area contributed by atoms with Gasteiger partial charge in [0.05, 0.1) is 12.0 Å². The zero-order chi connectivity index (χ0) is 42.1. The number of carbonyl (C=O) groups is 6. The molecular formula is C44H62N4O9. The Balaban J connectivity index is 2.04. The molecule has 5 N–H and O–H groups in total. The topological polar surface area (TPSA) is 191 Å². The lowest BCUT2D eigenvalue weighted by Gasteiger charge is -2.36. The number of hydrogen-bond acceptors (Lipinski definition) is 10. The fourth-order valence-electron chi connectivity index (χ4n) is 6.78. The largest absolute Gasteiger partial charge is 0.508 e. The molecule has 0 aliphatic carbocycles. The Labute approximate surface area is 337 Å². The van der Waals surface area contributed by atoms with E-state index in [0.717, 1.165) is 6.42 Å². The summed E-state index contributed by atoms with van der Waals surface area (Å²) in [5.74, 6) is -4.30. The number of hydrogen-bond donors (Lipinski definition) is 5. The van der Waals surface area contributed by atoms with Gasteiger partial charge in [0.2, 0.25) is 11.8 Å². The first-order chi connectivity index (χ1) is 27.1. The van der Waals surface area contributed by atoms with Crippen LogP contribution in [0.5, 0.6) is 5.75 Å². The molecule has 1 aromatic carbocycles. The maximum absolute atomic E-state index is 14.3. The number of ether oxygens (including phenoxy) is 1. The van der Waals surface area contributed by atoms with Crippen LogP contribution in [0.25, 0.3) is 0 Å². The van der Waals surface area contributed by atoms with Gasteiger partial charge >= 0.3 is 5.97 Å². The number of amides is 3. The predicted octanol–water partition coefficient (Wildman–Crippen LogP) is 4.73. The number of fused-ring (bicyclic) bond motifs is 2. The average molecular weight is 791 g/mol. The molecule has 3 rings (SSSR count). The summed E-state index contributed by atoms with van der Waals surface area (Å²) in [5, 5.41) is 28.6. The number of benzene rings is 1. The molecule has 2 aliphatic rings. The van der Waals surface area contributed by atoms with E-state index < -0.39 is 71.8 Å². The van der Waals surface area contributed by atoms with Crippen LogP contribution in [-0.4, -0.2) is 87.4 Å². The van der Waals surface area contributed by atoms with Crippen molar-refractivity contribution in [1.82, 2.24) is 21.1 Å². The van der Waals surface area contributed by atoms with Crippen LogP contribution in [0.4, 0.5) is 0 Å². The van der Waals surface area contributed by atoms with E-state index in [-0.39, 0.29) is 43.1 Å². The molecule has 2 bridgehead atoms. The number of aliphatic hydroxyl groups is 1. The normalized spacial score (nSPS) is 27.5. The van der Waals surface area contributed by atoms with E-state index in [0.29, 0.717) is 43.2 Å². The minimum Gasteiger partial charge on any atom is -0.508 e. The van der Waals surface area contributed by atoms with Gasteiger partial charge in [-0.3, -0.25) is 29.0 Å². The van der Waals surface area contributed by atoms with Crippen molar-refractivity contribution in [1.29, 1.82) is 0 Å². The molecule has 0 radical (unpaired) electrons. The van der Waals surface area contributed by atoms with Gasteiger partial charge in [-0.1, -0.05) is 76.3 Å². The first kappa shape index (κ1) is 46.5. The molecule has 0 spiro atoms. The van der Waals surface area contributed by atoms with Crippen LogP contribution in [0.15, 0.2) is 72.4 Å². The number of rotatable bonds is 11. The maximum atomic E-state index is 14.3. The summed E-state index contributed by atoms with van der Waals surface area (Å²) in [4.78, 5) is 80.0. The van der Waals surface area contributed by atoms with Crippen molar-refractivity contribution < 1.29 is 43.7 Å². The molecule has 0 aromatic heterocycles. The van der Waals surface area contributed by atoms with Crippen molar-refractivity contribution in [2.24, 2.45) is 17.8 Å². The second kappa shape index (κ2) is 23.4. The Morgan fingerprint density at radius 1 is 1.02 bits per heavy atom. The van der Waals surface area contributed by atoms with Gasteiger partial charge in [0, 0.05) is 32.2 Å². The molecule has 1 saturated heterocycles. The highest BCUT2D eigenvalue weighted by molar-refractivity contribution is 5.93. The van der Waals surface area contributed by atoms with Gasteiger partial charge in [0.25, 0.3) is 5.91 Å². The van der Waals surface area contributed by atoms with E-state index in [1.165, 1.54) is 30.1 Å². The summed E-state index contributed by atoms with van der Waals surface area (Å²) in [7, 11) is 0. The number of phenols is 1. The fourth-order valence-corrected chi connectivity index (χ4v) is 6.78. The third-order valence-electron chi connectivity index (χ3n) is 10.2. The Morgan fingerprint density at radius 2 is 1.74 bits per heavy atom. The first-order valence-electron chi connectivity index (χ1n) is 20.1. The number of nitrogens with zero attached hydrogens (tertiary/aromatic N) is 1. The number of nitrogens with one attached hydrogen (secondary N) is 3. The van der Waals surface area contributed by atoms with Gasteiger partial charge in [0.1, 0.15) is 35.8 Å². The third-order valence-corrected chi connectivity index (χ3v) is 10.2. The first-order valence-corrected chi connectivity index (χ1v) is 20.1. The van der Waals surface area contributed by atoms with E-state index in [9.17, 15) is 39.0 Å². The van der Waals surface area contributed by atoms with E-state index >= 15 is 0 Å². The Bertz CT molecular complexity index is 1680. The molecule has 2 aliphatic heterocycles. The average Bonchev–Trinajstić information content (AvgIpc) is 3.16. The second-order valence-electron chi connectivity index (χ2n) is 15.5. The molecule has 57 heavy (non-hydrogen) atoms. The minimum absolute atomic E-state index is 0.00860. The van der Waals surface area contributed by atoms with Crippen LogP contribution >= 0.6 is 0 Å². The molecule has 13 heteroatoms. The van der Waals surface area contributed by atoms with Crippen LogP contribution in [0, 0.1) is 17.8 Å². The van der Waals surface area contributed by atoms with Crippen molar-refractivity contribution >= 4 is 35.3 Å². The monoisotopic (exact) mass is 790 g/mol. The van der Waals surface area contributed by atoms with Crippen LogP contribution < -0.4 is 16.1 Å². The summed E-state index contributed by atoms with van der Waals surface area (Å²) >= 11 is 0. The predicted molar refractivity (Wildman–Crippen MR) is 217 cm³/mol. The molecule has 312 valence electrons. The number of Topliss-reactive ketones (excluding diaryl/α,β-unsaturated/α-hetero) is 1. The second-order valence-corrected chi connectivity index (χ2v) is 15.5. The van der Waals surface area contributed by atoms with Crippen molar-refractivity contribution in [2.45, 2.75) is 130 Å².